The van der Waals surface area contributed by atoms with E-state index in [-0.39, 0.29) is 0 Å². The summed E-state index contributed by atoms with van der Waals surface area (Å²) in [7, 11) is 1.03. The van der Waals surface area contributed by atoms with Crippen molar-refractivity contribution in [3.8, 4) is 5.75 Å². The molecule has 1 rings (SSSR count). The van der Waals surface area contributed by atoms with Crippen molar-refractivity contribution in [2.24, 2.45) is 0 Å². The van der Waals surface area contributed by atoms with Gasteiger partial charge in [0.2, 0.25) is 5.82 Å². The molecule has 3 nitrogen and oxygen atoms in total. The van der Waals surface area contributed by atoms with E-state index < -0.39 is 34.7 Å². The average molecular weight is 458 g/mol. The van der Waals surface area contributed by atoms with Gasteiger partial charge in [0.25, 0.3) is 5.91 Å². The number of nitrogens with one attached hydrogen (secondary N) is 1. The molecule has 6 heteroatoms. The Balaban J connectivity index is 1.99. The fourth-order valence-electron chi connectivity index (χ4n) is 3.90. The number of unbranched alkanes of at least 4 members (excludes halogenated alkanes) is 15. The summed E-state index contributed by atoms with van der Waals surface area (Å²) in [6, 6.07) is 0.566. The molecular formula is C26H42F3NO2. The first-order valence-corrected chi connectivity index (χ1v) is 12.5. The molecule has 184 valence electrons. The molecule has 32 heavy (non-hydrogen) atoms. The van der Waals surface area contributed by atoms with Crippen LogP contribution in [0.1, 0.15) is 120 Å². The molecule has 0 saturated heterocycles. The van der Waals surface area contributed by atoms with E-state index in [1.165, 1.54) is 83.5 Å². The van der Waals surface area contributed by atoms with Gasteiger partial charge in [0.05, 0.1) is 12.7 Å². The second-order valence-electron chi connectivity index (χ2n) is 8.63. The Morgan fingerprint density at radius 2 is 1.19 bits per heavy atom. The zero-order chi connectivity index (χ0) is 23.6. The van der Waals surface area contributed by atoms with Gasteiger partial charge in [-0.2, -0.15) is 4.39 Å². The summed E-state index contributed by atoms with van der Waals surface area (Å²) in [5, 5.41) is 2.56. The summed E-state index contributed by atoms with van der Waals surface area (Å²) in [6.45, 7) is 2.63. The smallest absolute Gasteiger partial charge is 0.254 e. The number of rotatable bonds is 19. The lowest BCUT2D eigenvalue weighted by Crippen LogP contribution is -2.26. The van der Waals surface area contributed by atoms with Crippen LogP contribution in [-0.4, -0.2) is 19.6 Å². The van der Waals surface area contributed by atoms with Crippen LogP contribution in [0.25, 0.3) is 0 Å². The maximum absolute atomic E-state index is 14.1. The van der Waals surface area contributed by atoms with Crippen LogP contribution >= 0.6 is 0 Å². The first-order chi connectivity index (χ1) is 15.5. The van der Waals surface area contributed by atoms with Crippen LogP contribution in [-0.2, 0) is 0 Å². The van der Waals surface area contributed by atoms with Gasteiger partial charge in [0.1, 0.15) is 0 Å². The number of carbonyl (C=O) groups is 1. The van der Waals surface area contributed by atoms with Crippen molar-refractivity contribution >= 4 is 5.91 Å². The average Bonchev–Trinajstić information content (AvgIpc) is 2.78. The van der Waals surface area contributed by atoms with E-state index in [9.17, 15) is 18.0 Å². The van der Waals surface area contributed by atoms with Gasteiger partial charge >= 0.3 is 0 Å². The number of amides is 1. The SMILES string of the molecule is CCCCCCCCCCCCCCCCCCNC(=O)c1cc(F)c(F)c(OC)c1F. The molecule has 0 aliphatic carbocycles. The summed E-state index contributed by atoms with van der Waals surface area (Å²) in [5.74, 6) is -5.57. The normalized spacial score (nSPS) is 11.0. The lowest BCUT2D eigenvalue weighted by molar-refractivity contribution is 0.0947. The van der Waals surface area contributed by atoms with Gasteiger partial charge in [-0.15, -0.1) is 0 Å². The highest BCUT2D eigenvalue weighted by Crippen LogP contribution is 2.26. The van der Waals surface area contributed by atoms with E-state index in [0.717, 1.165) is 26.4 Å². The monoisotopic (exact) mass is 457 g/mol. The zero-order valence-electron chi connectivity index (χ0n) is 20.0. The third-order valence-electron chi connectivity index (χ3n) is 5.88. The van der Waals surface area contributed by atoms with Crippen LogP contribution in [0.3, 0.4) is 0 Å². The lowest BCUT2D eigenvalue weighted by Gasteiger charge is -2.10. The Hall–Kier alpha value is -1.72. The zero-order valence-corrected chi connectivity index (χ0v) is 20.0. The molecule has 0 atom stereocenters. The largest absolute Gasteiger partial charge is 0.491 e. The number of ether oxygens (including phenoxy) is 1. The third kappa shape index (κ3) is 11.2. The maximum Gasteiger partial charge on any atom is 0.254 e. The lowest BCUT2D eigenvalue weighted by atomic mass is 10.0. The predicted octanol–water partition coefficient (Wildman–Crippen LogP) is 8.10. The molecule has 0 heterocycles. The molecule has 0 unspecified atom stereocenters. The first kappa shape index (κ1) is 28.3. The second-order valence-corrected chi connectivity index (χ2v) is 8.63. The Bertz CT molecular complexity index is 652. The van der Waals surface area contributed by atoms with Gasteiger partial charge in [-0.25, -0.2) is 8.78 Å². The van der Waals surface area contributed by atoms with Crippen LogP contribution in [0.4, 0.5) is 13.2 Å². The van der Waals surface area contributed by atoms with Crippen molar-refractivity contribution in [2.45, 2.75) is 110 Å². The van der Waals surface area contributed by atoms with E-state index >= 15 is 0 Å². The van der Waals surface area contributed by atoms with E-state index in [4.69, 9.17) is 0 Å². The van der Waals surface area contributed by atoms with E-state index in [1.54, 1.807) is 0 Å². The number of benzene rings is 1. The Morgan fingerprint density at radius 1 is 0.750 bits per heavy atom. The minimum atomic E-state index is -1.43. The highest BCUT2D eigenvalue weighted by atomic mass is 19.2. The molecular weight excluding hydrogens is 415 g/mol. The van der Waals surface area contributed by atoms with Gasteiger partial charge in [-0.05, 0) is 12.5 Å². The molecule has 0 spiro atoms. The maximum atomic E-state index is 14.1. The van der Waals surface area contributed by atoms with Crippen LogP contribution in [0.15, 0.2) is 6.07 Å². The highest BCUT2D eigenvalue weighted by Gasteiger charge is 2.23. The molecule has 0 aromatic heterocycles. The van der Waals surface area contributed by atoms with E-state index in [0.29, 0.717) is 12.6 Å². The van der Waals surface area contributed by atoms with Crippen LogP contribution in [0.5, 0.6) is 5.75 Å². The van der Waals surface area contributed by atoms with Gasteiger partial charge in [-0.3, -0.25) is 4.79 Å². The van der Waals surface area contributed by atoms with Gasteiger partial charge in [-0.1, -0.05) is 103 Å². The standard InChI is InChI=1S/C26H42F3NO2/c1-3-4-5-6-7-8-9-10-11-12-13-14-15-16-17-18-19-30-26(31)21-20-22(27)24(29)25(32-2)23(21)28/h20H,3-19H2,1-2H3,(H,30,31). The van der Waals surface area contributed by atoms with E-state index in [1.807, 2.05) is 0 Å². The fourth-order valence-corrected chi connectivity index (χ4v) is 3.90. The summed E-state index contributed by atoms with van der Waals surface area (Å²) in [4.78, 5) is 12.1. The van der Waals surface area contributed by atoms with Crippen LogP contribution < -0.4 is 10.1 Å². The molecule has 1 amide bonds. The fraction of sp³-hybridized carbons (Fsp3) is 0.731. The van der Waals surface area contributed by atoms with Crippen molar-refractivity contribution in [1.29, 1.82) is 0 Å². The summed E-state index contributed by atoms with van der Waals surface area (Å²) in [6.07, 6.45) is 20.2. The Kier molecular flexibility index (Phi) is 15.7. The van der Waals surface area contributed by atoms with Gasteiger partial charge in [0.15, 0.2) is 17.4 Å². The first-order valence-electron chi connectivity index (χ1n) is 12.5. The van der Waals surface area contributed by atoms with Crippen LogP contribution in [0, 0.1) is 17.5 Å². The minimum Gasteiger partial charge on any atom is -0.491 e. The molecule has 0 aliphatic heterocycles. The van der Waals surface area contributed by atoms with Crippen molar-refractivity contribution in [2.75, 3.05) is 13.7 Å². The number of carbonyl (C=O) groups excluding carboxylic acids is 1. The summed E-state index contributed by atoms with van der Waals surface area (Å²) in [5.41, 5.74) is -0.544. The van der Waals surface area contributed by atoms with Crippen molar-refractivity contribution in [3.05, 3.63) is 29.1 Å². The molecule has 0 radical (unpaired) electrons. The van der Waals surface area contributed by atoms with Crippen LogP contribution in [0.2, 0.25) is 0 Å². The van der Waals surface area contributed by atoms with Gasteiger partial charge in [0, 0.05) is 6.54 Å². The topological polar surface area (TPSA) is 38.3 Å². The summed E-state index contributed by atoms with van der Waals surface area (Å²) >= 11 is 0. The summed E-state index contributed by atoms with van der Waals surface area (Å²) < 4.78 is 45.6. The molecule has 1 aromatic carbocycles. The quantitative estimate of drug-likeness (QED) is 0.168. The highest BCUT2D eigenvalue weighted by molar-refractivity contribution is 5.95. The molecule has 1 aromatic rings. The molecule has 0 aliphatic rings. The number of halogens is 3. The van der Waals surface area contributed by atoms with Crippen molar-refractivity contribution in [3.63, 3.8) is 0 Å². The second kappa shape index (κ2) is 17.8. The molecule has 0 bridgehead atoms. The Morgan fingerprint density at radius 3 is 1.62 bits per heavy atom. The molecule has 1 N–H and O–H groups in total. The number of hydrogen-bond acceptors (Lipinski definition) is 2. The molecule has 0 fully saturated rings. The Labute approximate surface area is 192 Å². The van der Waals surface area contributed by atoms with Gasteiger partial charge < -0.3 is 10.1 Å². The van der Waals surface area contributed by atoms with Crippen molar-refractivity contribution in [1.82, 2.24) is 5.32 Å². The molecule has 0 saturated carbocycles. The third-order valence-corrected chi connectivity index (χ3v) is 5.88. The predicted molar refractivity (Wildman–Crippen MR) is 125 cm³/mol. The van der Waals surface area contributed by atoms with Crippen molar-refractivity contribution < 1.29 is 22.7 Å². The number of hydrogen-bond donors (Lipinski definition) is 1. The minimum absolute atomic E-state index is 0.373. The van der Waals surface area contributed by atoms with E-state index in [2.05, 4.69) is 17.0 Å². The number of methoxy groups -OCH3 is 1.